The van der Waals surface area contributed by atoms with Gasteiger partial charge in [-0.05, 0) is 48.8 Å². The number of amidine groups is 1. The second-order valence-electron chi connectivity index (χ2n) is 10.3. The molecule has 0 spiro atoms. The zero-order chi connectivity index (χ0) is 31.2. The molecule has 3 rings (SSSR count). The molecule has 0 aliphatic heterocycles. The maximum Gasteiger partial charge on any atom is 0.243 e. The van der Waals surface area contributed by atoms with Gasteiger partial charge in [0.15, 0.2) is 5.96 Å². The maximum atomic E-state index is 13.9. The first-order chi connectivity index (χ1) is 20.6. The normalized spacial score (nSPS) is 12.7. The number of nitrogens with zero attached hydrogens (tertiary/aromatic N) is 1. The van der Waals surface area contributed by atoms with E-state index in [4.69, 9.17) is 28.3 Å². The highest BCUT2D eigenvalue weighted by atomic mass is 16.2. The topological polar surface area (TPSA) is 216 Å². The number of primary amides is 1. The Morgan fingerprint density at radius 3 is 1.91 bits per heavy atom. The average Bonchev–Trinajstić information content (AvgIpc) is 3.00. The second kappa shape index (κ2) is 16.3. The molecule has 3 aromatic rings. The van der Waals surface area contributed by atoms with Gasteiger partial charge in [0.1, 0.15) is 17.9 Å². The third kappa shape index (κ3) is 10.6. The molecule has 0 heterocycles. The van der Waals surface area contributed by atoms with Gasteiger partial charge in [-0.3, -0.25) is 24.8 Å². The first-order valence-corrected chi connectivity index (χ1v) is 14.1. The van der Waals surface area contributed by atoms with Gasteiger partial charge in [0.25, 0.3) is 0 Å². The molecule has 0 aliphatic rings. The van der Waals surface area contributed by atoms with E-state index in [1.54, 1.807) is 12.1 Å². The lowest BCUT2D eigenvalue weighted by molar-refractivity contribution is -0.132. The van der Waals surface area contributed by atoms with Crippen LogP contribution < -0.4 is 33.6 Å². The predicted molar refractivity (Wildman–Crippen MR) is 168 cm³/mol. The summed E-state index contributed by atoms with van der Waals surface area (Å²) in [7, 11) is 0. The third-order valence-electron chi connectivity index (χ3n) is 7.03. The summed E-state index contributed by atoms with van der Waals surface area (Å²) in [6, 6.07) is 24.2. The minimum Gasteiger partial charge on any atom is -0.384 e. The fourth-order valence-corrected chi connectivity index (χ4v) is 4.66. The first-order valence-electron chi connectivity index (χ1n) is 14.1. The van der Waals surface area contributed by atoms with Crippen LogP contribution in [0.15, 0.2) is 89.9 Å². The van der Waals surface area contributed by atoms with Gasteiger partial charge in [0.2, 0.25) is 17.7 Å². The summed E-state index contributed by atoms with van der Waals surface area (Å²) in [6.45, 7) is 0.280. The summed E-state index contributed by atoms with van der Waals surface area (Å²) < 4.78 is 0. The van der Waals surface area contributed by atoms with E-state index in [0.29, 0.717) is 31.2 Å². The lowest BCUT2D eigenvalue weighted by atomic mass is 9.90. The van der Waals surface area contributed by atoms with Gasteiger partial charge in [0.05, 0.1) is 5.92 Å². The predicted octanol–water partition coefficient (Wildman–Crippen LogP) is 1.44. The molecule has 0 fully saturated rings. The third-order valence-corrected chi connectivity index (χ3v) is 7.03. The van der Waals surface area contributed by atoms with Crippen molar-refractivity contribution in [2.45, 2.75) is 50.1 Å². The lowest BCUT2D eigenvalue weighted by Gasteiger charge is -2.25. The van der Waals surface area contributed by atoms with E-state index in [-0.39, 0.29) is 30.7 Å². The summed E-state index contributed by atoms with van der Waals surface area (Å²) in [5.74, 6) is -2.25. The smallest absolute Gasteiger partial charge is 0.243 e. The number of rotatable bonds is 16. The van der Waals surface area contributed by atoms with E-state index in [1.165, 1.54) is 0 Å². The number of nitrogens with two attached hydrogens (primary N) is 4. The first kappa shape index (κ1) is 32.3. The Hall–Kier alpha value is -5.19. The molecule has 3 aromatic carbocycles. The average molecular weight is 585 g/mol. The molecular formula is C32H40N8O3. The number of guanidine groups is 1. The van der Waals surface area contributed by atoms with Gasteiger partial charge >= 0.3 is 0 Å². The number of carbonyl (C=O) groups is 3. The Bertz CT molecular complexity index is 1390. The number of carbonyl (C=O) groups excluding carboxylic acids is 3. The molecule has 0 aliphatic carbocycles. The molecule has 3 amide bonds. The summed E-state index contributed by atoms with van der Waals surface area (Å²) >= 11 is 0. The van der Waals surface area contributed by atoms with Crippen LogP contribution in [-0.4, -0.2) is 48.1 Å². The summed E-state index contributed by atoms with van der Waals surface area (Å²) in [6.07, 6.45) is 1.84. The Kier molecular flexibility index (Phi) is 12.3. The van der Waals surface area contributed by atoms with Crippen LogP contribution in [0.5, 0.6) is 0 Å². The minimum atomic E-state index is -0.956. The Morgan fingerprint density at radius 1 is 0.721 bits per heavy atom. The van der Waals surface area contributed by atoms with E-state index < -0.39 is 29.8 Å². The Morgan fingerprint density at radius 2 is 1.33 bits per heavy atom. The van der Waals surface area contributed by atoms with Gasteiger partial charge in [0, 0.05) is 12.1 Å². The molecule has 0 unspecified atom stereocenters. The number of nitrogens with one attached hydrogen (secondary N) is 3. The van der Waals surface area contributed by atoms with Crippen molar-refractivity contribution in [1.29, 1.82) is 5.41 Å². The van der Waals surface area contributed by atoms with Crippen LogP contribution in [0.1, 0.15) is 47.4 Å². The van der Waals surface area contributed by atoms with Gasteiger partial charge in [-0.2, -0.15) is 0 Å². The highest BCUT2D eigenvalue weighted by Gasteiger charge is 2.29. The van der Waals surface area contributed by atoms with Crippen molar-refractivity contribution in [2.75, 3.05) is 6.54 Å². The molecule has 0 bridgehead atoms. The number of benzene rings is 3. The van der Waals surface area contributed by atoms with Crippen molar-refractivity contribution in [2.24, 2.45) is 27.9 Å². The second-order valence-corrected chi connectivity index (χ2v) is 10.3. The largest absolute Gasteiger partial charge is 0.384 e. The molecule has 226 valence electrons. The molecule has 11 N–H and O–H groups in total. The van der Waals surface area contributed by atoms with Crippen LogP contribution >= 0.6 is 0 Å². The van der Waals surface area contributed by atoms with Crippen LogP contribution in [0.2, 0.25) is 0 Å². The van der Waals surface area contributed by atoms with Gasteiger partial charge in [-0.1, -0.05) is 84.9 Å². The molecule has 0 radical (unpaired) electrons. The number of hydrogen-bond donors (Lipinski definition) is 7. The van der Waals surface area contributed by atoms with Crippen LogP contribution in [0, 0.1) is 5.41 Å². The summed E-state index contributed by atoms with van der Waals surface area (Å²) in [4.78, 5) is 43.5. The Balaban J connectivity index is 1.82. The summed E-state index contributed by atoms with van der Waals surface area (Å²) in [5.41, 5.74) is 25.2. The van der Waals surface area contributed by atoms with Crippen molar-refractivity contribution in [1.82, 2.24) is 10.6 Å². The zero-order valence-corrected chi connectivity index (χ0v) is 24.0. The number of amides is 3. The highest BCUT2D eigenvalue weighted by Crippen LogP contribution is 2.22. The van der Waals surface area contributed by atoms with Crippen molar-refractivity contribution in [3.63, 3.8) is 0 Å². The minimum absolute atomic E-state index is 0.0401. The maximum absolute atomic E-state index is 13.9. The fraction of sp³-hybridized carbons (Fsp3) is 0.281. The van der Waals surface area contributed by atoms with E-state index in [2.05, 4.69) is 15.6 Å². The lowest BCUT2D eigenvalue weighted by Crippen LogP contribution is -2.53. The van der Waals surface area contributed by atoms with Crippen LogP contribution in [-0.2, 0) is 27.2 Å². The molecule has 43 heavy (non-hydrogen) atoms. The van der Waals surface area contributed by atoms with E-state index in [9.17, 15) is 14.4 Å². The number of hydrogen-bond acceptors (Lipinski definition) is 5. The van der Waals surface area contributed by atoms with Gasteiger partial charge < -0.3 is 33.6 Å². The molecular weight excluding hydrogens is 544 g/mol. The monoisotopic (exact) mass is 584 g/mol. The Labute approximate surface area is 251 Å². The summed E-state index contributed by atoms with van der Waals surface area (Å²) in [5, 5.41) is 13.3. The van der Waals surface area contributed by atoms with Gasteiger partial charge in [-0.25, -0.2) is 0 Å². The number of aliphatic imine (C=N–C) groups is 1. The van der Waals surface area contributed by atoms with Crippen molar-refractivity contribution >= 4 is 29.5 Å². The molecule has 0 saturated heterocycles. The number of aryl methyl sites for hydroxylation is 1. The SMILES string of the molecule is N=C(N)c1ccc(C[C@@H](C(=O)N[C@@H](CCc2ccccc2)C(=O)N[C@@H](CCCN=C(N)N)C(N)=O)c2ccccc2)cc1. The van der Waals surface area contributed by atoms with E-state index >= 15 is 0 Å². The van der Waals surface area contributed by atoms with E-state index in [0.717, 1.165) is 16.7 Å². The standard InChI is InChI=1S/C32H40N8O3/c33-28(34)24-16-13-22(14-17-24)20-25(23-10-5-2-6-11-23)30(42)40-27(18-15-21-8-3-1-4-9-21)31(43)39-26(29(35)41)12-7-19-38-32(36)37/h1-6,8-11,13-14,16-17,25-27H,7,12,15,18-20H2,(H3,33,34)(H2,35,41)(H,39,43)(H,40,42)(H4,36,37,38)/t25-,26+,27+/m1/s1. The van der Waals surface area contributed by atoms with Gasteiger partial charge in [-0.15, -0.1) is 0 Å². The fourth-order valence-electron chi connectivity index (χ4n) is 4.66. The zero-order valence-electron chi connectivity index (χ0n) is 24.0. The molecule has 3 atom stereocenters. The molecule has 11 heteroatoms. The quantitative estimate of drug-likeness (QED) is 0.0750. The van der Waals surface area contributed by atoms with Crippen molar-refractivity contribution in [3.8, 4) is 0 Å². The van der Waals surface area contributed by atoms with Crippen LogP contribution in [0.3, 0.4) is 0 Å². The molecule has 11 nitrogen and oxygen atoms in total. The molecule has 0 saturated carbocycles. The number of nitrogen functional groups attached to an aromatic ring is 1. The van der Waals surface area contributed by atoms with E-state index in [1.807, 2.05) is 72.8 Å². The van der Waals surface area contributed by atoms with Crippen LogP contribution in [0.4, 0.5) is 0 Å². The highest BCUT2D eigenvalue weighted by molar-refractivity contribution is 5.95. The van der Waals surface area contributed by atoms with Crippen LogP contribution in [0.25, 0.3) is 0 Å². The van der Waals surface area contributed by atoms with Crippen molar-refractivity contribution < 1.29 is 14.4 Å². The van der Waals surface area contributed by atoms with Crippen molar-refractivity contribution in [3.05, 3.63) is 107 Å². The molecule has 0 aromatic heterocycles.